The van der Waals surface area contributed by atoms with Gasteiger partial charge in [0.25, 0.3) is 0 Å². The van der Waals surface area contributed by atoms with Gasteiger partial charge in [0, 0.05) is 56.5 Å². The first-order valence-corrected chi connectivity index (χ1v) is 32.9. The van der Waals surface area contributed by atoms with Gasteiger partial charge in [-0.25, -0.2) is 0 Å². The lowest BCUT2D eigenvalue weighted by Crippen LogP contribution is -2.27. The van der Waals surface area contributed by atoms with Crippen LogP contribution in [0.5, 0.6) is 0 Å². The summed E-state index contributed by atoms with van der Waals surface area (Å²) in [5, 5.41) is 3.87. The van der Waals surface area contributed by atoms with Gasteiger partial charge in [0.2, 0.25) is 0 Å². The van der Waals surface area contributed by atoms with Crippen LogP contribution in [0.15, 0.2) is 293 Å². The molecule has 9 aromatic rings. The molecule has 2 saturated carbocycles. The largest absolute Gasteiger partial charge is 0.313 e. The zero-order chi connectivity index (χ0) is 57.4. The quantitative estimate of drug-likeness (QED) is 0.163. The summed E-state index contributed by atoms with van der Waals surface area (Å²) in [4.78, 5) is 0. The lowest BCUT2D eigenvalue weighted by atomic mass is 9.66. The van der Waals surface area contributed by atoms with Crippen molar-refractivity contribution < 1.29 is 0 Å². The van der Waals surface area contributed by atoms with Crippen LogP contribution in [0.2, 0.25) is 0 Å². The number of hydrogen-bond donors (Lipinski definition) is 0. The van der Waals surface area contributed by atoms with Gasteiger partial charge in [-0.3, -0.25) is 0 Å². The van der Waals surface area contributed by atoms with E-state index in [9.17, 15) is 0 Å². The molecule has 0 aliphatic heterocycles. The van der Waals surface area contributed by atoms with Gasteiger partial charge in [-0.05, 0) is 225 Å². The zero-order valence-electron chi connectivity index (χ0n) is 49.6. The molecule has 2 spiro atoms. The van der Waals surface area contributed by atoms with Crippen molar-refractivity contribution in [2.75, 3.05) is 0 Å². The molecular weight excluding hydrogens is 1060 g/mol. The number of nitrogens with zero attached hydrogens (tertiary/aromatic N) is 2. The van der Waals surface area contributed by atoms with Gasteiger partial charge < -0.3 is 9.13 Å². The highest BCUT2D eigenvalue weighted by Gasteiger charge is 2.61. The second-order valence-electron chi connectivity index (χ2n) is 26.6. The summed E-state index contributed by atoms with van der Waals surface area (Å²) < 4.78 is 5.06. The molecule has 5 unspecified atom stereocenters. The first-order chi connectivity index (χ1) is 43.6. The molecule has 2 heterocycles. The van der Waals surface area contributed by atoms with Crippen molar-refractivity contribution in [3.8, 4) is 33.6 Å². The molecule has 2 aromatic heterocycles. The van der Waals surface area contributed by atoms with Crippen LogP contribution in [0.3, 0.4) is 0 Å². The minimum absolute atomic E-state index is 0.127. The molecule has 5 atom stereocenters. The zero-order valence-corrected chi connectivity index (χ0v) is 49.6. The van der Waals surface area contributed by atoms with E-state index >= 15 is 0 Å². The smallest absolute Gasteiger partial charge is 0.0719 e. The molecule has 0 N–H and O–H groups in total. The van der Waals surface area contributed by atoms with E-state index in [1.165, 1.54) is 122 Å². The standard InChI is InChI=1S/C86H66N2/c1-9-25-73-61(17-1)62-18-2-10-26-74(62)85(73)77-29-13-5-21-65(77)67-45-37-55(49-79(67)85)57-39-47-71-69-23-7-15-31-81(69)87(83(71)51-57)59-41-33-53(34-42-59)54-35-43-60(44-36-54)88-82-32-16-8-24-70(82)72-48-40-58(52-84(72)88)56-38-46-68-66-22-6-14-30-78(66)86(80(68)50-56)75-27-11-3-19-63(75)64-20-4-12-28-76(64)86/h1,3,7-9,11,15-18,20-45,47-51,58,63,68H,2,4-6,10,12-14,19,46,52H2. The third-order valence-electron chi connectivity index (χ3n) is 22.6. The minimum Gasteiger partial charge on any atom is -0.313 e. The van der Waals surface area contributed by atoms with Crippen molar-refractivity contribution in [2.24, 2.45) is 23.2 Å². The van der Waals surface area contributed by atoms with Crippen LogP contribution < -0.4 is 0 Å². The molecule has 88 heavy (non-hydrogen) atoms. The van der Waals surface area contributed by atoms with E-state index in [0.717, 1.165) is 76.3 Å². The average molecular weight is 1130 g/mol. The highest BCUT2D eigenvalue weighted by Crippen LogP contribution is 2.73. The fourth-order valence-corrected chi connectivity index (χ4v) is 19.2. The highest BCUT2D eigenvalue weighted by atomic mass is 15.0. The predicted octanol–water partition coefficient (Wildman–Crippen LogP) is 21.4. The van der Waals surface area contributed by atoms with E-state index in [1.54, 1.807) is 33.4 Å². The van der Waals surface area contributed by atoms with Crippen LogP contribution in [0.25, 0.3) is 83.6 Å². The number of benzene rings is 7. The lowest BCUT2D eigenvalue weighted by molar-refractivity contribution is 0.588. The van der Waals surface area contributed by atoms with Crippen LogP contribution in [0, 0.1) is 23.2 Å². The van der Waals surface area contributed by atoms with E-state index in [0.29, 0.717) is 17.8 Å². The molecule has 0 radical (unpaired) electrons. The first kappa shape index (κ1) is 49.6. The fourth-order valence-electron chi connectivity index (χ4n) is 19.2. The number of rotatable bonds is 5. The van der Waals surface area contributed by atoms with Gasteiger partial charge in [0.15, 0.2) is 0 Å². The molecule has 7 aromatic carbocycles. The highest BCUT2D eigenvalue weighted by molar-refractivity contribution is 6.11. The van der Waals surface area contributed by atoms with E-state index < -0.39 is 0 Å². The maximum Gasteiger partial charge on any atom is 0.0719 e. The second kappa shape index (κ2) is 18.5. The summed E-state index contributed by atoms with van der Waals surface area (Å²) in [5.74, 6) is 1.23. The Morgan fingerprint density at radius 2 is 0.977 bits per heavy atom. The molecule has 11 aliphatic carbocycles. The van der Waals surface area contributed by atoms with Crippen molar-refractivity contribution in [1.82, 2.24) is 9.13 Å². The van der Waals surface area contributed by atoms with E-state index in [2.05, 4.69) is 258 Å². The molecule has 2 nitrogen and oxygen atoms in total. The van der Waals surface area contributed by atoms with Gasteiger partial charge in [-0.2, -0.15) is 0 Å². The van der Waals surface area contributed by atoms with Crippen LogP contribution >= 0.6 is 0 Å². The third-order valence-corrected chi connectivity index (χ3v) is 22.6. The SMILES string of the molecule is C1=CCC2C3=CCCC=C3C3(C4=CCCC=C4C4CC=C(C5C=Cc6c(n(-c7ccc(-c8ccc(-n9c%10ccccc%10c%10ccc(-c%11ccc%12c(c%11)C%11(C%13=CCCC=C%13c%13ccccc%13%11)C%11=CCCC=C%11%12)cc%109)cc8)cc7)c7ccccc67)C5)C=C43)C2=C1. The molecule has 2 heteroatoms. The molecule has 0 amide bonds. The van der Waals surface area contributed by atoms with Crippen molar-refractivity contribution in [1.29, 1.82) is 0 Å². The van der Waals surface area contributed by atoms with E-state index in [1.807, 2.05) is 0 Å². The maximum atomic E-state index is 2.72. The Bertz CT molecular complexity index is 5070. The molecule has 0 bridgehead atoms. The van der Waals surface area contributed by atoms with Gasteiger partial charge >= 0.3 is 0 Å². The molecule has 20 rings (SSSR count). The predicted molar refractivity (Wildman–Crippen MR) is 365 cm³/mol. The van der Waals surface area contributed by atoms with Gasteiger partial charge in [0.05, 0.1) is 27.4 Å². The average Bonchev–Trinajstić information content (AvgIpc) is 1.53. The summed E-state index contributed by atoms with van der Waals surface area (Å²) >= 11 is 0. The van der Waals surface area contributed by atoms with Gasteiger partial charge in [-0.15, -0.1) is 0 Å². The summed E-state index contributed by atoms with van der Waals surface area (Å²) in [6.45, 7) is 0. The Morgan fingerprint density at radius 3 is 1.72 bits per heavy atom. The van der Waals surface area contributed by atoms with Gasteiger partial charge in [0.1, 0.15) is 0 Å². The Kier molecular flexibility index (Phi) is 10.4. The number of allylic oxidation sites excluding steroid dienone is 25. The Balaban J connectivity index is 0.634. The van der Waals surface area contributed by atoms with E-state index in [-0.39, 0.29) is 10.8 Å². The summed E-state index contributed by atoms with van der Waals surface area (Å²) in [7, 11) is 0. The van der Waals surface area contributed by atoms with Crippen molar-refractivity contribution in [3.63, 3.8) is 0 Å². The topological polar surface area (TPSA) is 9.86 Å². The molecular formula is C86H66N2. The van der Waals surface area contributed by atoms with Crippen LogP contribution in [-0.2, 0) is 11.8 Å². The molecule has 11 aliphatic rings. The number of fused-ring (bicyclic) bond motifs is 26. The minimum atomic E-state index is -0.286. The van der Waals surface area contributed by atoms with Crippen LogP contribution in [-0.4, -0.2) is 9.13 Å². The maximum absolute atomic E-state index is 2.72. The molecule has 2 fully saturated rings. The Morgan fingerprint density at radius 1 is 0.409 bits per heavy atom. The number of aromatic nitrogens is 2. The van der Waals surface area contributed by atoms with Crippen molar-refractivity contribution >= 4 is 49.9 Å². The van der Waals surface area contributed by atoms with E-state index in [4.69, 9.17) is 0 Å². The molecule has 420 valence electrons. The summed E-state index contributed by atoms with van der Waals surface area (Å²) in [6.07, 6.45) is 50.5. The third kappa shape index (κ3) is 6.53. The summed E-state index contributed by atoms with van der Waals surface area (Å²) in [5.41, 5.74) is 36.2. The van der Waals surface area contributed by atoms with Crippen LogP contribution in [0.1, 0.15) is 97.7 Å². The number of para-hydroxylation sites is 2. The van der Waals surface area contributed by atoms with Crippen LogP contribution in [0.4, 0.5) is 0 Å². The Hall–Kier alpha value is -9.50. The molecule has 0 saturated heterocycles. The normalized spacial score (nSPS) is 24.7. The summed E-state index contributed by atoms with van der Waals surface area (Å²) in [6, 6.07) is 60.6. The second-order valence-corrected chi connectivity index (χ2v) is 26.6. The van der Waals surface area contributed by atoms with Crippen molar-refractivity contribution in [3.05, 3.63) is 326 Å². The number of hydrogen-bond acceptors (Lipinski definition) is 0. The fraction of sp³-hybridized carbons (Fsp3) is 0.186. The van der Waals surface area contributed by atoms with Gasteiger partial charge in [-0.1, -0.05) is 200 Å². The lowest BCUT2D eigenvalue weighted by Gasteiger charge is -2.36. The Labute approximate surface area is 515 Å². The monoisotopic (exact) mass is 1130 g/mol. The van der Waals surface area contributed by atoms with Crippen molar-refractivity contribution in [2.45, 2.75) is 76.0 Å². The first-order valence-electron chi connectivity index (χ1n) is 32.9.